The van der Waals surface area contributed by atoms with Crippen molar-refractivity contribution < 1.29 is 4.79 Å². The van der Waals surface area contributed by atoms with Gasteiger partial charge < -0.3 is 10.6 Å². The number of rotatable bonds is 3. The number of urea groups is 1. The fourth-order valence-corrected chi connectivity index (χ4v) is 3.95. The monoisotopic (exact) mass is 347 g/mol. The molecule has 0 unspecified atom stereocenters. The van der Waals surface area contributed by atoms with E-state index >= 15 is 0 Å². The Morgan fingerprint density at radius 2 is 2.25 bits per heavy atom. The average molecular weight is 347 g/mol. The molecule has 24 heavy (non-hydrogen) atoms. The number of carbonyl (C=O) groups excluding carboxylic acids is 1. The van der Waals surface area contributed by atoms with E-state index in [1.807, 2.05) is 13.1 Å². The van der Waals surface area contributed by atoms with Gasteiger partial charge in [0.1, 0.15) is 5.01 Å². The molecule has 0 saturated carbocycles. The third-order valence-electron chi connectivity index (χ3n) is 4.35. The van der Waals surface area contributed by atoms with E-state index in [0.717, 1.165) is 35.7 Å². The number of fused-ring (bicyclic) bond motifs is 1. The molecule has 2 aromatic rings. The van der Waals surface area contributed by atoms with Gasteiger partial charge in [-0.25, -0.2) is 9.78 Å². The SMILES string of the molecule is C[C@H](NC(=O)N[C@@H]1CCCc2cn[nH]c21)c1nc(C(C)(C)C)cs1. The van der Waals surface area contributed by atoms with Crippen LogP contribution in [0, 0.1) is 0 Å². The number of nitrogens with one attached hydrogen (secondary N) is 3. The van der Waals surface area contributed by atoms with E-state index in [9.17, 15) is 4.79 Å². The molecule has 7 heteroatoms. The standard InChI is InChI=1S/C17H25N5OS/c1-10(15-21-13(9-24-15)17(2,3)4)19-16(23)20-12-7-5-6-11-8-18-22-14(11)12/h8-10,12H,5-7H2,1-4H3,(H,18,22)(H2,19,20,23)/t10-,12+/m0/s1. The first-order valence-electron chi connectivity index (χ1n) is 8.39. The van der Waals surface area contributed by atoms with Gasteiger partial charge >= 0.3 is 6.03 Å². The zero-order valence-electron chi connectivity index (χ0n) is 14.6. The van der Waals surface area contributed by atoms with Gasteiger partial charge in [-0.15, -0.1) is 11.3 Å². The predicted molar refractivity (Wildman–Crippen MR) is 95.2 cm³/mol. The van der Waals surface area contributed by atoms with E-state index in [1.54, 1.807) is 11.3 Å². The Kier molecular flexibility index (Phi) is 4.62. The molecule has 2 aromatic heterocycles. The Morgan fingerprint density at radius 1 is 1.46 bits per heavy atom. The minimum atomic E-state index is -0.164. The van der Waals surface area contributed by atoms with E-state index in [0.29, 0.717) is 0 Å². The molecule has 0 aromatic carbocycles. The highest BCUT2D eigenvalue weighted by atomic mass is 32.1. The molecule has 6 nitrogen and oxygen atoms in total. The molecule has 1 aliphatic carbocycles. The van der Waals surface area contributed by atoms with Crippen LogP contribution in [0.3, 0.4) is 0 Å². The molecule has 0 fully saturated rings. The van der Waals surface area contributed by atoms with Crippen molar-refractivity contribution in [3.05, 3.63) is 33.5 Å². The largest absolute Gasteiger partial charge is 0.330 e. The van der Waals surface area contributed by atoms with Crippen LogP contribution >= 0.6 is 11.3 Å². The summed E-state index contributed by atoms with van der Waals surface area (Å²) < 4.78 is 0. The smallest absolute Gasteiger partial charge is 0.315 e. The van der Waals surface area contributed by atoms with Gasteiger partial charge in [-0.1, -0.05) is 20.8 Å². The van der Waals surface area contributed by atoms with E-state index < -0.39 is 0 Å². The van der Waals surface area contributed by atoms with Gasteiger partial charge in [-0.3, -0.25) is 5.10 Å². The maximum absolute atomic E-state index is 12.4. The van der Waals surface area contributed by atoms with Gasteiger partial charge in [0.2, 0.25) is 0 Å². The Bertz CT molecular complexity index is 715. The normalized spacial score (nSPS) is 18.8. The lowest BCUT2D eigenvalue weighted by Crippen LogP contribution is -2.40. The van der Waals surface area contributed by atoms with Crippen LogP contribution in [0.15, 0.2) is 11.6 Å². The molecule has 3 rings (SSSR count). The third-order valence-corrected chi connectivity index (χ3v) is 5.38. The lowest BCUT2D eigenvalue weighted by Gasteiger charge is -2.24. The Labute approximate surface area is 146 Å². The second-order valence-electron chi connectivity index (χ2n) is 7.41. The zero-order chi connectivity index (χ0) is 17.3. The number of aryl methyl sites for hydroxylation is 1. The molecule has 2 atom stereocenters. The van der Waals surface area contributed by atoms with Crippen molar-refractivity contribution in [2.75, 3.05) is 0 Å². The first kappa shape index (κ1) is 17.0. The Balaban J connectivity index is 1.60. The van der Waals surface area contributed by atoms with Crippen molar-refractivity contribution in [3.63, 3.8) is 0 Å². The second-order valence-corrected chi connectivity index (χ2v) is 8.30. The number of aromatic amines is 1. The number of hydrogen-bond donors (Lipinski definition) is 3. The molecular weight excluding hydrogens is 322 g/mol. The molecule has 0 saturated heterocycles. The average Bonchev–Trinajstić information content (AvgIpc) is 3.16. The summed E-state index contributed by atoms with van der Waals surface area (Å²) in [6.45, 7) is 8.39. The summed E-state index contributed by atoms with van der Waals surface area (Å²) in [5, 5.41) is 16.2. The maximum atomic E-state index is 12.4. The summed E-state index contributed by atoms with van der Waals surface area (Å²) in [6.07, 6.45) is 4.88. The first-order valence-corrected chi connectivity index (χ1v) is 9.27. The molecule has 0 spiro atoms. The van der Waals surface area contributed by atoms with Crippen molar-refractivity contribution in [1.82, 2.24) is 25.8 Å². The zero-order valence-corrected chi connectivity index (χ0v) is 15.5. The maximum Gasteiger partial charge on any atom is 0.315 e. The number of nitrogens with zero attached hydrogens (tertiary/aromatic N) is 2. The molecule has 1 aliphatic rings. The van der Waals surface area contributed by atoms with Crippen LogP contribution in [0.5, 0.6) is 0 Å². The highest BCUT2D eigenvalue weighted by molar-refractivity contribution is 7.09. The van der Waals surface area contributed by atoms with Crippen LogP contribution in [0.25, 0.3) is 0 Å². The number of hydrogen-bond acceptors (Lipinski definition) is 4. The highest BCUT2D eigenvalue weighted by Crippen LogP contribution is 2.28. The van der Waals surface area contributed by atoms with Gasteiger partial charge in [0, 0.05) is 10.8 Å². The van der Waals surface area contributed by atoms with E-state index in [4.69, 9.17) is 0 Å². The Hall–Kier alpha value is -1.89. The third kappa shape index (κ3) is 3.61. The number of H-pyrrole nitrogens is 1. The number of aromatic nitrogens is 3. The van der Waals surface area contributed by atoms with Crippen molar-refractivity contribution in [3.8, 4) is 0 Å². The molecule has 0 aliphatic heterocycles. The minimum Gasteiger partial charge on any atom is -0.330 e. The van der Waals surface area contributed by atoms with E-state index in [2.05, 4.69) is 52.0 Å². The molecule has 0 radical (unpaired) electrons. The fourth-order valence-electron chi connectivity index (χ4n) is 2.90. The minimum absolute atomic E-state index is 0.00452. The molecular formula is C17H25N5OS. The number of amides is 2. The summed E-state index contributed by atoms with van der Waals surface area (Å²) in [4.78, 5) is 17.0. The lowest BCUT2D eigenvalue weighted by molar-refractivity contribution is 0.232. The van der Waals surface area contributed by atoms with Gasteiger partial charge in [0.15, 0.2) is 0 Å². The van der Waals surface area contributed by atoms with Crippen LogP contribution in [-0.4, -0.2) is 21.2 Å². The summed E-state index contributed by atoms with van der Waals surface area (Å²) in [7, 11) is 0. The van der Waals surface area contributed by atoms with Gasteiger partial charge in [0.25, 0.3) is 0 Å². The fraction of sp³-hybridized carbons (Fsp3) is 0.588. The van der Waals surface area contributed by atoms with E-state index in [1.165, 1.54) is 5.56 Å². The topological polar surface area (TPSA) is 82.7 Å². The molecule has 0 bridgehead atoms. The van der Waals surface area contributed by atoms with Crippen LogP contribution < -0.4 is 10.6 Å². The quantitative estimate of drug-likeness (QED) is 0.793. The van der Waals surface area contributed by atoms with Gasteiger partial charge in [-0.05, 0) is 31.7 Å². The second kappa shape index (κ2) is 6.55. The summed E-state index contributed by atoms with van der Waals surface area (Å²) in [5.41, 5.74) is 3.32. The van der Waals surface area contributed by atoms with Crippen LogP contribution in [0.4, 0.5) is 4.79 Å². The van der Waals surface area contributed by atoms with Crippen LogP contribution in [0.2, 0.25) is 0 Å². The summed E-state index contributed by atoms with van der Waals surface area (Å²) in [6, 6.07) is -0.275. The van der Waals surface area contributed by atoms with Crippen molar-refractivity contribution in [2.45, 2.75) is 64.5 Å². The molecule has 2 amide bonds. The van der Waals surface area contributed by atoms with Crippen molar-refractivity contribution >= 4 is 17.4 Å². The lowest BCUT2D eigenvalue weighted by atomic mass is 9.93. The molecule has 2 heterocycles. The van der Waals surface area contributed by atoms with Gasteiger partial charge in [-0.2, -0.15) is 5.10 Å². The van der Waals surface area contributed by atoms with Crippen LogP contribution in [0.1, 0.15) is 74.6 Å². The van der Waals surface area contributed by atoms with Crippen molar-refractivity contribution in [2.24, 2.45) is 0 Å². The summed E-state index contributed by atoms with van der Waals surface area (Å²) in [5.74, 6) is 0. The van der Waals surface area contributed by atoms with E-state index in [-0.39, 0.29) is 23.5 Å². The summed E-state index contributed by atoms with van der Waals surface area (Å²) >= 11 is 1.59. The van der Waals surface area contributed by atoms with Crippen molar-refractivity contribution in [1.29, 1.82) is 0 Å². The number of carbonyl (C=O) groups is 1. The van der Waals surface area contributed by atoms with Gasteiger partial charge in [0.05, 0.1) is 29.7 Å². The predicted octanol–water partition coefficient (Wildman–Crippen LogP) is 3.60. The molecule has 130 valence electrons. The number of thiazole rings is 1. The van der Waals surface area contributed by atoms with Crippen LogP contribution in [-0.2, 0) is 11.8 Å². The highest BCUT2D eigenvalue weighted by Gasteiger charge is 2.25. The first-order chi connectivity index (χ1) is 11.3. The Morgan fingerprint density at radius 3 is 2.96 bits per heavy atom. The molecule has 3 N–H and O–H groups in total.